The first-order chi connectivity index (χ1) is 9.91. The number of nitrogens with two attached hydrogens (primary N) is 1. The highest BCUT2D eigenvalue weighted by Crippen LogP contribution is 2.35. The Morgan fingerprint density at radius 3 is 2.29 bits per heavy atom. The third-order valence-electron chi connectivity index (χ3n) is 3.18. The Kier molecular flexibility index (Phi) is 4.59. The number of hydrazine groups is 1. The second kappa shape index (κ2) is 6.24. The van der Waals surface area contributed by atoms with Gasteiger partial charge >= 0.3 is 6.18 Å². The van der Waals surface area contributed by atoms with E-state index in [1.807, 2.05) is 0 Å². The van der Waals surface area contributed by atoms with Gasteiger partial charge < -0.3 is 0 Å². The molecule has 3 N–H and O–H groups in total. The summed E-state index contributed by atoms with van der Waals surface area (Å²) in [6.45, 7) is 0. The maximum Gasteiger partial charge on any atom is 0.416 e. The van der Waals surface area contributed by atoms with E-state index in [1.54, 1.807) is 30.3 Å². The minimum Gasteiger partial charge on any atom is -0.271 e. The molecule has 0 aliphatic heterocycles. The summed E-state index contributed by atoms with van der Waals surface area (Å²) in [5, 5.41) is 0. The molecule has 0 heterocycles. The molecule has 6 heteroatoms. The molecule has 0 aromatic heterocycles. The third-order valence-corrected chi connectivity index (χ3v) is 3.18. The van der Waals surface area contributed by atoms with E-state index in [2.05, 4.69) is 5.43 Å². The van der Waals surface area contributed by atoms with Crippen LogP contribution in [0.4, 0.5) is 17.6 Å². The van der Waals surface area contributed by atoms with Crippen LogP contribution < -0.4 is 11.3 Å². The smallest absolute Gasteiger partial charge is 0.271 e. The fourth-order valence-corrected chi connectivity index (χ4v) is 2.19. The first-order valence-corrected chi connectivity index (χ1v) is 6.28. The molecular formula is C15H14F4N2. The van der Waals surface area contributed by atoms with E-state index in [4.69, 9.17) is 5.84 Å². The van der Waals surface area contributed by atoms with Crippen molar-refractivity contribution in [1.29, 1.82) is 0 Å². The summed E-state index contributed by atoms with van der Waals surface area (Å²) in [5.74, 6) is 4.64. The molecule has 2 aromatic carbocycles. The summed E-state index contributed by atoms with van der Waals surface area (Å²) in [6, 6.07) is 10.5. The molecule has 1 atom stereocenters. The molecular weight excluding hydrogens is 284 g/mol. The van der Waals surface area contributed by atoms with Crippen LogP contribution in [0.15, 0.2) is 48.5 Å². The lowest BCUT2D eigenvalue weighted by atomic mass is 9.95. The van der Waals surface area contributed by atoms with Gasteiger partial charge in [-0.2, -0.15) is 13.2 Å². The Bertz CT molecular complexity index is 596. The molecule has 2 rings (SSSR count). The summed E-state index contributed by atoms with van der Waals surface area (Å²) in [6.07, 6.45) is -4.33. The molecule has 0 amide bonds. The summed E-state index contributed by atoms with van der Waals surface area (Å²) in [7, 11) is 0. The van der Waals surface area contributed by atoms with Gasteiger partial charge in [0.1, 0.15) is 5.82 Å². The zero-order valence-electron chi connectivity index (χ0n) is 11.0. The van der Waals surface area contributed by atoms with Crippen LogP contribution in [0.3, 0.4) is 0 Å². The highest BCUT2D eigenvalue weighted by Gasteiger charge is 2.35. The summed E-state index contributed by atoms with van der Waals surface area (Å²) < 4.78 is 52.4. The second-order valence-electron chi connectivity index (χ2n) is 4.64. The van der Waals surface area contributed by atoms with Gasteiger partial charge in [0.2, 0.25) is 0 Å². The fraction of sp³-hybridized carbons (Fsp3) is 0.200. The van der Waals surface area contributed by atoms with Crippen LogP contribution in [0.25, 0.3) is 0 Å². The average Bonchev–Trinajstić information content (AvgIpc) is 2.44. The summed E-state index contributed by atoms with van der Waals surface area (Å²) in [4.78, 5) is 0. The maximum atomic E-state index is 13.3. The van der Waals surface area contributed by atoms with Gasteiger partial charge in [0.25, 0.3) is 0 Å². The standard InChI is InChI=1S/C15H14F4N2/c16-11-6-7-13(15(17,18)19)12(9-11)14(21-20)8-10-4-2-1-3-5-10/h1-7,9,14,21H,8,20H2. The predicted molar refractivity (Wildman–Crippen MR) is 71.6 cm³/mol. The van der Waals surface area contributed by atoms with Crippen LogP contribution in [0, 0.1) is 5.82 Å². The number of hydrogen-bond donors (Lipinski definition) is 2. The van der Waals surface area contributed by atoms with E-state index < -0.39 is 23.6 Å². The quantitative estimate of drug-likeness (QED) is 0.514. The summed E-state index contributed by atoms with van der Waals surface area (Å²) in [5.41, 5.74) is 2.06. The van der Waals surface area contributed by atoms with Gasteiger partial charge in [-0.15, -0.1) is 0 Å². The molecule has 112 valence electrons. The lowest BCUT2D eigenvalue weighted by Gasteiger charge is -2.21. The van der Waals surface area contributed by atoms with Gasteiger partial charge in [-0.25, -0.2) is 4.39 Å². The lowest BCUT2D eigenvalue weighted by molar-refractivity contribution is -0.138. The zero-order chi connectivity index (χ0) is 15.5. The maximum absolute atomic E-state index is 13.3. The molecule has 0 aliphatic carbocycles. The van der Waals surface area contributed by atoms with Crippen LogP contribution in [0.5, 0.6) is 0 Å². The van der Waals surface area contributed by atoms with E-state index in [0.717, 1.165) is 23.8 Å². The van der Waals surface area contributed by atoms with Crippen molar-refractivity contribution in [3.63, 3.8) is 0 Å². The number of alkyl halides is 3. The molecule has 0 saturated heterocycles. The first kappa shape index (κ1) is 15.5. The molecule has 1 unspecified atom stereocenters. The highest BCUT2D eigenvalue weighted by molar-refractivity contribution is 5.34. The number of halogens is 4. The highest BCUT2D eigenvalue weighted by atomic mass is 19.4. The van der Waals surface area contributed by atoms with E-state index in [0.29, 0.717) is 0 Å². The van der Waals surface area contributed by atoms with Gasteiger partial charge in [-0.3, -0.25) is 11.3 Å². The van der Waals surface area contributed by atoms with Crippen molar-refractivity contribution in [3.8, 4) is 0 Å². The van der Waals surface area contributed by atoms with Crippen LogP contribution in [-0.2, 0) is 12.6 Å². The van der Waals surface area contributed by atoms with Crippen LogP contribution in [0.1, 0.15) is 22.7 Å². The molecule has 0 fully saturated rings. The third kappa shape index (κ3) is 3.80. The Hall–Kier alpha value is -1.92. The van der Waals surface area contributed by atoms with Crippen molar-refractivity contribution in [3.05, 3.63) is 71.0 Å². The molecule has 0 aliphatic rings. The monoisotopic (exact) mass is 298 g/mol. The largest absolute Gasteiger partial charge is 0.416 e. The molecule has 2 aromatic rings. The Morgan fingerprint density at radius 1 is 1.05 bits per heavy atom. The number of rotatable bonds is 4. The van der Waals surface area contributed by atoms with Gasteiger partial charge in [0.05, 0.1) is 11.6 Å². The van der Waals surface area contributed by atoms with Gasteiger partial charge in [-0.05, 0) is 35.7 Å². The normalized spacial score (nSPS) is 13.2. The number of nitrogens with one attached hydrogen (secondary N) is 1. The zero-order valence-corrected chi connectivity index (χ0v) is 11.0. The van der Waals surface area contributed by atoms with Crippen molar-refractivity contribution in [1.82, 2.24) is 5.43 Å². The van der Waals surface area contributed by atoms with E-state index >= 15 is 0 Å². The second-order valence-corrected chi connectivity index (χ2v) is 4.64. The fourth-order valence-electron chi connectivity index (χ4n) is 2.19. The number of benzene rings is 2. The van der Waals surface area contributed by atoms with Gasteiger partial charge in [-0.1, -0.05) is 30.3 Å². The Balaban J connectivity index is 2.40. The SMILES string of the molecule is NNC(Cc1ccccc1)c1cc(F)ccc1C(F)(F)F. The lowest BCUT2D eigenvalue weighted by Crippen LogP contribution is -2.31. The van der Waals surface area contributed by atoms with E-state index in [-0.39, 0.29) is 12.0 Å². The van der Waals surface area contributed by atoms with Gasteiger partial charge in [0.15, 0.2) is 0 Å². The predicted octanol–water partition coefficient (Wildman–Crippen LogP) is 3.59. The minimum absolute atomic E-state index is 0.200. The molecule has 0 saturated carbocycles. The van der Waals surface area contributed by atoms with Crippen molar-refractivity contribution in [2.45, 2.75) is 18.6 Å². The van der Waals surface area contributed by atoms with Crippen LogP contribution >= 0.6 is 0 Å². The topological polar surface area (TPSA) is 38.0 Å². The summed E-state index contributed by atoms with van der Waals surface area (Å²) >= 11 is 0. The van der Waals surface area contributed by atoms with E-state index in [9.17, 15) is 17.6 Å². The minimum atomic E-state index is -4.56. The van der Waals surface area contributed by atoms with Crippen LogP contribution in [0.2, 0.25) is 0 Å². The Labute approximate surface area is 119 Å². The van der Waals surface area contributed by atoms with Crippen molar-refractivity contribution in [2.24, 2.45) is 5.84 Å². The first-order valence-electron chi connectivity index (χ1n) is 6.28. The molecule has 0 spiro atoms. The van der Waals surface area contributed by atoms with Crippen molar-refractivity contribution in [2.75, 3.05) is 0 Å². The Morgan fingerprint density at radius 2 is 1.71 bits per heavy atom. The van der Waals surface area contributed by atoms with Crippen LogP contribution in [-0.4, -0.2) is 0 Å². The molecule has 0 bridgehead atoms. The molecule has 0 radical (unpaired) electrons. The van der Waals surface area contributed by atoms with E-state index in [1.165, 1.54) is 0 Å². The van der Waals surface area contributed by atoms with Crippen molar-refractivity contribution >= 4 is 0 Å². The van der Waals surface area contributed by atoms with Crippen molar-refractivity contribution < 1.29 is 17.6 Å². The average molecular weight is 298 g/mol. The molecule has 2 nitrogen and oxygen atoms in total. The number of hydrogen-bond acceptors (Lipinski definition) is 2. The van der Waals surface area contributed by atoms with Gasteiger partial charge in [0, 0.05) is 0 Å². The molecule has 21 heavy (non-hydrogen) atoms.